The number of hydrogen-bond acceptors (Lipinski definition) is 6. The van der Waals surface area contributed by atoms with E-state index in [-0.39, 0.29) is 6.61 Å². The van der Waals surface area contributed by atoms with E-state index in [0.717, 1.165) is 26.9 Å². The lowest BCUT2D eigenvalue weighted by atomic mass is 10.1. The van der Waals surface area contributed by atoms with Crippen LogP contribution in [0.4, 0.5) is 0 Å². The number of ether oxygens (including phenoxy) is 2. The number of hydrogen-bond donors (Lipinski definition) is 1. The third-order valence-corrected chi connectivity index (χ3v) is 5.25. The molecule has 4 aromatic rings. The monoisotopic (exact) mass is 398 g/mol. The molecule has 0 radical (unpaired) electrons. The van der Waals surface area contributed by atoms with Crippen molar-refractivity contribution in [2.24, 2.45) is 0 Å². The zero-order chi connectivity index (χ0) is 18.8. The number of benzene rings is 2. The highest BCUT2D eigenvalue weighted by Gasteiger charge is 2.16. The molecule has 0 aliphatic carbocycles. The summed E-state index contributed by atoms with van der Waals surface area (Å²) in [6, 6.07) is 12.9. The van der Waals surface area contributed by atoms with Gasteiger partial charge < -0.3 is 14.6 Å². The summed E-state index contributed by atoms with van der Waals surface area (Å²) >= 11 is 7.53. The highest BCUT2D eigenvalue weighted by atomic mass is 35.5. The van der Waals surface area contributed by atoms with E-state index in [9.17, 15) is 5.11 Å². The first-order valence-electron chi connectivity index (χ1n) is 8.13. The van der Waals surface area contributed by atoms with Crippen LogP contribution in [0.3, 0.4) is 0 Å². The second-order valence-corrected chi connectivity index (χ2v) is 7.06. The van der Waals surface area contributed by atoms with Crippen LogP contribution in [0.15, 0.2) is 54.2 Å². The Bertz CT molecular complexity index is 1100. The van der Waals surface area contributed by atoms with Gasteiger partial charge in [-0.1, -0.05) is 29.8 Å². The van der Waals surface area contributed by atoms with Crippen molar-refractivity contribution in [1.29, 1.82) is 0 Å². The molecule has 0 fully saturated rings. The highest BCUT2D eigenvalue weighted by Crippen LogP contribution is 2.41. The summed E-state index contributed by atoms with van der Waals surface area (Å²) in [6.07, 6.45) is 1.48. The number of rotatable bonds is 5. The Morgan fingerprint density at radius 1 is 1.07 bits per heavy atom. The number of nitrogens with zero attached hydrogens (tertiary/aromatic N) is 2. The zero-order valence-electron chi connectivity index (χ0n) is 14.3. The molecule has 0 amide bonds. The molecule has 4 rings (SSSR count). The second kappa shape index (κ2) is 7.52. The number of aliphatic hydroxyl groups excluding tert-OH is 1. The number of fused-ring (bicyclic) bond motifs is 1. The van der Waals surface area contributed by atoms with Gasteiger partial charge in [0.2, 0.25) is 5.88 Å². The number of aromatic nitrogens is 2. The van der Waals surface area contributed by atoms with Crippen molar-refractivity contribution in [1.82, 2.24) is 9.97 Å². The summed E-state index contributed by atoms with van der Waals surface area (Å²) in [6.45, 7) is -0.0698. The van der Waals surface area contributed by atoms with Gasteiger partial charge >= 0.3 is 0 Å². The Kier molecular flexibility index (Phi) is 4.94. The van der Waals surface area contributed by atoms with Gasteiger partial charge in [0, 0.05) is 16.0 Å². The van der Waals surface area contributed by atoms with Crippen LogP contribution in [-0.4, -0.2) is 22.2 Å². The first-order valence-corrected chi connectivity index (χ1v) is 9.39. The van der Waals surface area contributed by atoms with Crippen LogP contribution in [0.5, 0.6) is 17.4 Å². The van der Waals surface area contributed by atoms with E-state index >= 15 is 0 Å². The summed E-state index contributed by atoms with van der Waals surface area (Å²) in [4.78, 5) is 9.52. The Labute approximate surface area is 164 Å². The molecule has 5 nitrogen and oxygen atoms in total. The molecular weight excluding hydrogens is 384 g/mol. The van der Waals surface area contributed by atoms with Crippen LogP contribution in [0.2, 0.25) is 5.02 Å². The van der Waals surface area contributed by atoms with Gasteiger partial charge in [0.05, 0.1) is 19.1 Å². The first kappa shape index (κ1) is 17.7. The fourth-order valence-electron chi connectivity index (χ4n) is 2.77. The predicted octanol–water partition coefficient (Wildman–Crippen LogP) is 5.30. The molecule has 1 N–H and O–H groups in total. The van der Waals surface area contributed by atoms with Gasteiger partial charge in [0.1, 0.15) is 11.2 Å². The van der Waals surface area contributed by atoms with Crippen LogP contribution < -0.4 is 9.47 Å². The SMILES string of the molecule is COc1cc(CO)ccc1Oc1ncnc2scc(-c3ccc(Cl)cc3)c12. The lowest BCUT2D eigenvalue weighted by molar-refractivity contribution is 0.280. The Balaban J connectivity index is 1.81. The van der Waals surface area contributed by atoms with Crippen LogP contribution in [-0.2, 0) is 6.61 Å². The van der Waals surface area contributed by atoms with Crippen LogP contribution in [0.1, 0.15) is 5.56 Å². The Morgan fingerprint density at radius 2 is 1.89 bits per heavy atom. The maximum absolute atomic E-state index is 9.31. The lowest BCUT2D eigenvalue weighted by Crippen LogP contribution is -1.95. The molecule has 27 heavy (non-hydrogen) atoms. The minimum atomic E-state index is -0.0698. The molecule has 2 heterocycles. The fraction of sp³-hybridized carbons (Fsp3) is 0.100. The number of aliphatic hydroxyl groups is 1. The molecule has 0 spiro atoms. The van der Waals surface area contributed by atoms with Crippen LogP contribution in [0.25, 0.3) is 21.3 Å². The second-order valence-electron chi connectivity index (χ2n) is 5.76. The van der Waals surface area contributed by atoms with Crippen LogP contribution in [0, 0.1) is 0 Å². The van der Waals surface area contributed by atoms with Gasteiger partial charge in [-0.2, -0.15) is 0 Å². The molecule has 0 saturated carbocycles. The molecular formula is C20H15ClN2O3S. The van der Waals surface area contributed by atoms with Crippen LogP contribution >= 0.6 is 22.9 Å². The normalized spacial score (nSPS) is 10.9. The van der Waals surface area contributed by atoms with E-state index in [2.05, 4.69) is 9.97 Å². The van der Waals surface area contributed by atoms with E-state index < -0.39 is 0 Å². The standard InChI is InChI=1S/C20H15ClN2O3S/c1-25-17-8-12(9-24)2-7-16(17)26-19-18-15(10-27-20(18)23-11-22-19)13-3-5-14(21)6-4-13/h2-8,10-11,24H,9H2,1H3. The summed E-state index contributed by atoms with van der Waals surface area (Å²) in [5.74, 6) is 1.49. The van der Waals surface area contributed by atoms with Crippen molar-refractivity contribution in [3.8, 4) is 28.5 Å². The summed E-state index contributed by atoms with van der Waals surface area (Å²) in [7, 11) is 1.56. The topological polar surface area (TPSA) is 64.5 Å². The lowest BCUT2D eigenvalue weighted by Gasteiger charge is -2.12. The van der Waals surface area contributed by atoms with Crippen molar-refractivity contribution in [3.63, 3.8) is 0 Å². The quantitative estimate of drug-likeness (QED) is 0.493. The minimum Gasteiger partial charge on any atom is -0.493 e. The Morgan fingerprint density at radius 3 is 2.63 bits per heavy atom. The average Bonchev–Trinajstić information content (AvgIpc) is 3.14. The van der Waals surface area contributed by atoms with Gasteiger partial charge in [-0.05, 0) is 35.4 Å². The first-order chi connectivity index (χ1) is 13.2. The third kappa shape index (κ3) is 3.47. The van der Waals surface area contributed by atoms with Crippen molar-refractivity contribution in [2.45, 2.75) is 6.61 Å². The van der Waals surface area contributed by atoms with Crippen molar-refractivity contribution in [2.75, 3.05) is 7.11 Å². The summed E-state index contributed by atoms with van der Waals surface area (Å²) in [5, 5.41) is 12.8. The number of halogens is 1. The average molecular weight is 399 g/mol. The number of thiophene rings is 1. The maximum atomic E-state index is 9.31. The minimum absolute atomic E-state index is 0.0698. The molecule has 0 bridgehead atoms. The predicted molar refractivity (Wildman–Crippen MR) is 107 cm³/mol. The van der Waals surface area contributed by atoms with Gasteiger partial charge in [0.15, 0.2) is 11.5 Å². The van der Waals surface area contributed by atoms with E-state index in [1.54, 1.807) is 25.3 Å². The third-order valence-electron chi connectivity index (χ3n) is 4.11. The van der Waals surface area contributed by atoms with Crippen molar-refractivity contribution >= 4 is 33.2 Å². The van der Waals surface area contributed by atoms with E-state index in [1.807, 2.05) is 29.6 Å². The fourth-order valence-corrected chi connectivity index (χ4v) is 3.80. The molecule has 0 saturated heterocycles. The molecule has 2 aromatic carbocycles. The largest absolute Gasteiger partial charge is 0.493 e. The highest BCUT2D eigenvalue weighted by molar-refractivity contribution is 7.17. The van der Waals surface area contributed by atoms with Crippen molar-refractivity contribution in [3.05, 3.63) is 64.8 Å². The summed E-state index contributed by atoms with van der Waals surface area (Å²) in [5.41, 5.74) is 2.73. The van der Waals surface area contributed by atoms with E-state index in [1.165, 1.54) is 17.7 Å². The van der Waals surface area contributed by atoms with Gasteiger partial charge in [0.25, 0.3) is 0 Å². The van der Waals surface area contributed by atoms with E-state index in [4.69, 9.17) is 21.1 Å². The smallest absolute Gasteiger partial charge is 0.231 e. The molecule has 136 valence electrons. The van der Waals surface area contributed by atoms with E-state index in [0.29, 0.717) is 22.4 Å². The molecule has 0 aliphatic heterocycles. The molecule has 0 aliphatic rings. The van der Waals surface area contributed by atoms with Crippen molar-refractivity contribution < 1.29 is 14.6 Å². The molecule has 0 atom stereocenters. The molecule has 0 unspecified atom stereocenters. The van der Waals surface area contributed by atoms with Gasteiger partial charge in [-0.3, -0.25) is 0 Å². The molecule has 2 aromatic heterocycles. The van der Waals surface area contributed by atoms with Gasteiger partial charge in [-0.15, -0.1) is 11.3 Å². The van der Waals surface area contributed by atoms with Gasteiger partial charge in [-0.25, -0.2) is 9.97 Å². The Hall–Kier alpha value is -2.67. The zero-order valence-corrected chi connectivity index (χ0v) is 15.9. The summed E-state index contributed by atoms with van der Waals surface area (Å²) < 4.78 is 11.5. The molecule has 7 heteroatoms. The number of methoxy groups -OCH3 is 1. The maximum Gasteiger partial charge on any atom is 0.231 e.